The molecule has 0 amide bonds. The molecule has 8 heteroatoms. The van der Waals surface area contributed by atoms with Crippen molar-refractivity contribution in [3.63, 3.8) is 0 Å². The van der Waals surface area contributed by atoms with Gasteiger partial charge < -0.3 is 15.0 Å². The van der Waals surface area contributed by atoms with Crippen molar-refractivity contribution in [1.82, 2.24) is 10.2 Å². The topological polar surface area (TPSA) is 41.6 Å². The van der Waals surface area contributed by atoms with Gasteiger partial charge in [0.05, 0.1) is 19.3 Å². The van der Waals surface area contributed by atoms with Crippen molar-refractivity contribution in [3.05, 3.63) is 42.0 Å². The lowest BCUT2D eigenvalue weighted by atomic mass is 10.1. The summed E-state index contributed by atoms with van der Waals surface area (Å²) in [4.78, 5) is 14.2. The molecule has 136 valence electrons. The zero-order valence-corrected chi connectivity index (χ0v) is 16.5. The monoisotopic (exact) mass is 420 g/mol. The van der Waals surface area contributed by atoms with Crippen molar-refractivity contribution in [2.24, 2.45) is 0 Å². The summed E-state index contributed by atoms with van der Waals surface area (Å²) in [5.41, 5.74) is 0.929. The third kappa shape index (κ3) is 7.12. The lowest BCUT2D eigenvalue weighted by Gasteiger charge is -2.33. The fourth-order valence-electron chi connectivity index (χ4n) is 2.28. The van der Waals surface area contributed by atoms with Gasteiger partial charge >= 0.3 is 0 Å². The van der Waals surface area contributed by atoms with Crippen LogP contribution in [0.15, 0.2) is 36.4 Å². The molecule has 1 aliphatic rings. The van der Waals surface area contributed by atoms with Crippen molar-refractivity contribution < 1.29 is 9.53 Å². The Morgan fingerprint density at radius 2 is 1.92 bits per heavy atom. The van der Waals surface area contributed by atoms with Crippen molar-refractivity contribution in [2.75, 3.05) is 26.3 Å². The van der Waals surface area contributed by atoms with Crippen LogP contribution >= 0.6 is 47.0 Å². The van der Waals surface area contributed by atoms with Gasteiger partial charge in [0.15, 0.2) is 10.9 Å². The predicted octanol–water partition coefficient (Wildman–Crippen LogP) is 3.60. The van der Waals surface area contributed by atoms with E-state index in [1.165, 1.54) is 6.08 Å². The van der Waals surface area contributed by atoms with Gasteiger partial charge in [0.2, 0.25) is 3.79 Å². The van der Waals surface area contributed by atoms with E-state index in [2.05, 4.69) is 5.32 Å². The molecule has 0 spiro atoms. The van der Waals surface area contributed by atoms with Gasteiger partial charge in [-0.05, 0) is 23.9 Å². The van der Waals surface area contributed by atoms with Gasteiger partial charge in [0.25, 0.3) is 0 Å². The van der Waals surface area contributed by atoms with Gasteiger partial charge in [-0.3, -0.25) is 4.79 Å². The fraction of sp³-hybridized carbons (Fsp3) is 0.412. The zero-order valence-electron chi connectivity index (χ0n) is 13.5. The fourth-order valence-corrected chi connectivity index (χ4v) is 3.00. The number of halogens is 3. The molecule has 1 aliphatic heterocycles. The predicted molar refractivity (Wildman–Crippen MR) is 107 cm³/mol. The molecule has 1 saturated heterocycles. The first-order chi connectivity index (χ1) is 11.9. The number of benzene rings is 1. The molecule has 1 aromatic carbocycles. The molecule has 25 heavy (non-hydrogen) atoms. The third-order valence-corrected chi connectivity index (χ3v) is 4.82. The van der Waals surface area contributed by atoms with Crippen LogP contribution in [0.25, 0.3) is 6.08 Å². The van der Waals surface area contributed by atoms with Gasteiger partial charge in [-0.15, -0.1) is 0 Å². The number of nitrogens with zero attached hydrogens (tertiary/aromatic N) is 1. The molecule has 1 aromatic rings. The molecular formula is C17H19Cl3N2O2S. The standard InChI is InChI=1S/C17H19Cl3N2O2S/c18-17(19,20)15(21-16(25)22-8-10-24-11-9-22)12-14(23)7-6-13-4-2-1-3-5-13/h1-7,15H,8-12H2,(H,21,25). The van der Waals surface area contributed by atoms with E-state index in [0.717, 1.165) is 5.56 Å². The molecule has 1 N–H and O–H groups in total. The average molecular weight is 422 g/mol. The van der Waals surface area contributed by atoms with Crippen LogP contribution in [0.3, 0.4) is 0 Å². The normalized spacial score (nSPS) is 16.7. The molecular weight excluding hydrogens is 403 g/mol. The van der Waals surface area contributed by atoms with Gasteiger partial charge in [0.1, 0.15) is 0 Å². The van der Waals surface area contributed by atoms with Crippen LogP contribution in [-0.2, 0) is 9.53 Å². The van der Waals surface area contributed by atoms with E-state index in [4.69, 9.17) is 51.8 Å². The second-order valence-corrected chi connectivity index (χ2v) is 8.31. The Morgan fingerprint density at radius 3 is 2.52 bits per heavy atom. The summed E-state index contributed by atoms with van der Waals surface area (Å²) < 4.78 is 3.63. The maximum absolute atomic E-state index is 12.3. The number of ketones is 1. The average Bonchev–Trinajstić information content (AvgIpc) is 2.60. The third-order valence-electron chi connectivity index (χ3n) is 3.66. The minimum absolute atomic E-state index is 0.0182. The summed E-state index contributed by atoms with van der Waals surface area (Å²) in [5.74, 6) is -0.155. The second kappa shape index (κ2) is 9.74. The number of hydrogen-bond acceptors (Lipinski definition) is 3. The number of alkyl halides is 3. The first-order valence-electron chi connectivity index (χ1n) is 7.82. The number of nitrogens with one attached hydrogen (secondary N) is 1. The molecule has 1 fully saturated rings. The maximum atomic E-state index is 12.3. The summed E-state index contributed by atoms with van der Waals surface area (Å²) in [5, 5.41) is 3.46. The van der Waals surface area contributed by atoms with Crippen molar-refractivity contribution in [2.45, 2.75) is 16.3 Å². The van der Waals surface area contributed by atoms with Gasteiger partial charge in [-0.1, -0.05) is 71.2 Å². The Labute approximate surface area is 168 Å². The Balaban J connectivity index is 1.96. The van der Waals surface area contributed by atoms with E-state index < -0.39 is 9.83 Å². The highest BCUT2D eigenvalue weighted by Gasteiger charge is 2.35. The van der Waals surface area contributed by atoms with E-state index in [0.29, 0.717) is 31.4 Å². The number of allylic oxidation sites excluding steroid dienone is 1. The van der Waals surface area contributed by atoms with E-state index >= 15 is 0 Å². The number of carbonyl (C=O) groups excluding carboxylic acids is 1. The van der Waals surface area contributed by atoms with E-state index in [1.54, 1.807) is 6.08 Å². The molecule has 2 rings (SSSR count). The molecule has 1 heterocycles. The minimum atomic E-state index is -1.66. The van der Waals surface area contributed by atoms with E-state index in [-0.39, 0.29) is 12.2 Å². The molecule has 0 bridgehead atoms. The maximum Gasteiger partial charge on any atom is 0.210 e. The highest BCUT2D eigenvalue weighted by molar-refractivity contribution is 7.80. The number of hydrogen-bond donors (Lipinski definition) is 1. The van der Waals surface area contributed by atoms with Crippen LogP contribution in [0.5, 0.6) is 0 Å². The second-order valence-electron chi connectivity index (χ2n) is 5.56. The highest BCUT2D eigenvalue weighted by Crippen LogP contribution is 2.32. The Hall–Kier alpha value is -0.850. The first kappa shape index (κ1) is 20.5. The lowest BCUT2D eigenvalue weighted by Crippen LogP contribution is -2.52. The van der Waals surface area contributed by atoms with Gasteiger partial charge in [-0.2, -0.15) is 0 Å². The Morgan fingerprint density at radius 1 is 1.28 bits per heavy atom. The smallest absolute Gasteiger partial charge is 0.210 e. The SMILES string of the molecule is O=C(C=Cc1ccccc1)CC(NC(=S)N1CCOCC1)C(Cl)(Cl)Cl. The first-order valence-corrected chi connectivity index (χ1v) is 9.36. The molecule has 4 nitrogen and oxygen atoms in total. The van der Waals surface area contributed by atoms with Gasteiger partial charge in [0, 0.05) is 19.5 Å². The number of ether oxygens (including phenoxy) is 1. The van der Waals surface area contributed by atoms with Crippen LogP contribution in [-0.4, -0.2) is 51.9 Å². The highest BCUT2D eigenvalue weighted by atomic mass is 35.6. The van der Waals surface area contributed by atoms with Crippen LogP contribution in [0.4, 0.5) is 0 Å². The molecule has 1 unspecified atom stereocenters. The van der Waals surface area contributed by atoms with Crippen LogP contribution in [0.2, 0.25) is 0 Å². The zero-order chi connectivity index (χ0) is 18.3. The summed E-state index contributed by atoms with van der Waals surface area (Å²) in [6, 6.07) is 8.80. The summed E-state index contributed by atoms with van der Waals surface area (Å²) in [7, 11) is 0. The number of morpholine rings is 1. The van der Waals surface area contributed by atoms with E-state index in [9.17, 15) is 4.79 Å². The van der Waals surface area contributed by atoms with Crippen LogP contribution in [0.1, 0.15) is 12.0 Å². The molecule has 1 atom stereocenters. The van der Waals surface area contributed by atoms with E-state index in [1.807, 2.05) is 35.2 Å². The number of rotatable bonds is 5. The number of carbonyl (C=O) groups is 1. The van der Waals surface area contributed by atoms with Crippen LogP contribution < -0.4 is 5.32 Å². The summed E-state index contributed by atoms with van der Waals surface area (Å²) in [6.45, 7) is 2.53. The number of thiocarbonyl (C=S) groups is 1. The largest absolute Gasteiger partial charge is 0.378 e. The molecule has 0 aromatic heterocycles. The Kier molecular flexibility index (Phi) is 7.97. The minimum Gasteiger partial charge on any atom is -0.378 e. The molecule has 0 saturated carbocycles. The van der Waals surface area contributed by atoms with Gasteiger partial charge in [-0.25, -0.2) is 0 Å². The van der Waals surface area contributed by atoms with Crippen molar-refractivity contribution in [3.8, 4) is 0 Å². The molecule has 0 radical (unpaired) electrons. The van der Waals surface area contributed by atoms with Crippen molar-refractivity contribution in [1.29, 1.82) is 0 Å². The Bertz CT molecular complexity index is 614. The summed E-state index contributed by atoms with van der Waals surface area (Å²) >= 11 is 23.5. The van der Waals surface area contributed by atoms with Crippen LogP contribution in [0, 0.1) is 0 Å². The summed E-state index contributed by atoms with van der Waals surface area (Å²) in [6.07, 6.45) is 3.24. The quantitative estimate of drug-likeness (QED) is 0.447. The van der Waals surface area contributed by atoms with Crippen molar-refractivity contribution >= 4 is 64.0 Å². The lowest BCUT2D eigenvalue weighted by molar-refractivity contribution is -0.114. The molecule has 0 aliphatic carbocycles.